The summed E-state index contributed by atoms with van der Waals surface area (Å²) in [4.78, 5) is 17.3. The van der Waals surface area contributed by atoms with Crippen LogP contribution < -0.4 is 5.32 Å². The van der Waals surface area contributed by atoms with Gasteiger partial charge in [-0.15, -0.1) is 0 Å². The van der Waals surface area contributed by atoms with Crippen LogP contribution in [0.1, 0.15) is 24.2 Å². The maximum absolute atomic E-state index is 13.0. The van der Waals surface area contributed by atoms with E-state index in [0.717, 1.165) is 34.6 Å². The van der Waals surface area contributed by atoms with Crippen LogP contribution in [0, 0.1) is 0 Å². The number of hydrogen-bond donors (Lipinski definition) is 3. The van der Waals surface area contributed by atoms with Crippen molar-refractivity contribution in [1.29, 1.82) is 0 Å². The largest absolute Gasteiger partial charge is 0.394 e. The van der Waals surface area contributed by atoms with E-state index in [1.807, 2.05) is 60.7 Å². The van der Waals surface area contributed by atoms with E-state index in [-0.39, 0.29) is 12.5 Å². The number of amides is 1. The summed E-state index contributed by atoms with van der Waals surface area (Å²) in [6.45, 7) is -0.150. The molecule has 0 bridgehead atoms. The van der Waals surface area contributed by atoms with E-state index in [1.165, 1.54) is 0 Å². The summed E-state index contributed by atoms with van der Waals surface area (Å²) in [7, 11) is 0. The smallest absolute Gasteiger partial charge is 0.248 e. The van der Waals surface area contributed by atoms with Crippen LogP contribution in [0.15, 0.2) is 78.5 Å². The number of carbonyl (C=O) groups is 1. The molecule has 1 amide bonds. The van der Waals surface area contributed by atoms with Crippen LogP contribution in [0.5, 0.6) is 0 Å². The summed E-state index contributed by atoms with van der Waals surface area (Å²) < 4.78 is 0. The first kappa shape index (κ1) is 19.8. The standard InChI is InChI=1S/C24H24N4O2/c29-16-19(14-18-10-6-7-13-25-18)26-24(30)21-12-5-4-11-20(21)23-15-22(27-28-23)17-8-2-1-3-9-17/h1-4,6-11,13,15,19,29H,5,12,14,16H2,(H,26,30)(H,27,28)/t19-/m0/s1. The van der Waals surface area contributed by atoms with Gasteiger partial charge in [-0.1, -0.05) is 48.6 Å². The van der Waals surface area contributed by atoms with Crippen LogP contribution in [0.25, 0.3) is 16.8 Å². The number of aromatic amines is 1. The summed E-state index contributed by atoms with van der Waals surface area (Å²) in [5.74, 6) is -0.166. The molecule has 0 radical (unpaired) electrons. The Labute approximate surface area is 175 Å². The Morgan fingerprint density at radius 1 is 1.17 bits per heavy atom. The van der Waals surface area contributed by atoms with Gasteiger partial charge in [0, 0.05) is 35.0 Å². The highest BCUT2D eigenvalue weighted by molar-refractivity contribution is 6.03. The molecule has 0 fully saturated rings. The number of rotatable bonds is 7. The third-order valence-electron chi connectivity index (χ3n) is 5.12. The number of nitrogens with one attached hydrogen (secondary N) is 2. The van der Waals surface area contributed by atoms with E-state index in [1.54, 1.807) is 6.20 Å². The fourth-order valence-electron chi connectivity index (χ4n) is 3.57. The van der Waals surface area contributed by atoms with Gasteiger partial charge in [0.05, 0.1) is 24.0 Å². The normalized spacial score (nSPS) is 14.6. The Bertz CT molecular complexity index is 1060. The zero-order valence-corrected chi connectivity index (χ0v) is 16.6. The minimum absolute atomic E-state index is 0.150. The van der Waals surface area contributed by atoms with Gasteiger partial charge in [0.25, 0.3) is 0 Å². The molecule has 3 N–H and O–H groups in total. The molecule has 6 heteroatoms. The minimum Gasteiger partial charge on any atom is -0.394 e. The van der Waals surface area contributed by atoms with Crippen LogP contribution in [-0.2, 0) is 11.2 Å². The lowest BCUT2D eigenvalue weighted by Gasteiger charge is -2.20. The molecule has 4 rings (SSSR count). The highest BCUT2D eigenvalue weighted by Crippen LogP contribution is 2.29. The molecule has 1 aliphatic carbocycles. The van der Waals surface area contributed by atoms with Gasteiger partial charge < -0.3 is 10.4 Å². The van der Waals surface area contributed by atoms with Crippen molar-refractivity contribution >= 4 is 11.5 Å². The van der Waals surface area contributed by atoms with E-state index in [9.17, 15) is 9.90 Å². The number of aromatic nitrogens is 3. The lowest BCUT2D eigenvalue weighted by Crippen LogP contribution is -2.40. The van der Waals surface area contributed by atoms with Gasteiger partial charge in [-0.25, -0.2) is 0 Å². The number of carbonyl (C=O) groups excluding carboxylic acids is 1. The summed E-state index contributed by atoms with van der Waals surface area (Å²) in [5, 5.41) is 20.2. The number of aliphatic hydroxyl groups is 1. The highest BCUT2D eigenvalue weighted by Gasteiger charge is 2.22. The van der Waals surface area contributed by atoms with Crippen LogP contribution in [0.4, 0.5) is 0 Å². The van der Waals surface area contributed by atoms with Crippen molar-refractivity contribution in [2.24, 2.45) is 0 Å². The molecule has 6 nitrogen and oxygen atoms in total. The number of pyridine rings is 1. The van der Waals surface area contributed by atoms with Crippen molar-refractivity contribution < 1.29 is 9.90 Å². The number of hydrogen-bond acceptors (Lipinski definition) is 4. The van der Waals surface area contributed by atoms with E-state index >= 15 is 0 Å². The fourth-order valence-corrected chi connectivity index (χ4v) is 3.57. The Balaban J connectivity index is 1.55. The molecule has 0 saturated carbocycles. The van der Waals surface area contributed by atoms with Crippen molar-refractivity contribution in [3.8, 4) is 11.3 Å². The lowest BCUT2D eigenvalue weighted by atomic mass is 9.94. The van der Waals surface area contributed by atoms with E-state index in [4.69, 9.17) is 0 Å². The molecule has 0 saturated heterocycles. The van der Waals surface area contributed by atoms with Gasteiger partial charge in [-0.05, 0) is 31.0 Å². The first-order valence-electron chi connectivity index (χ1n) is 10.1. The maximum Gasteiger partial charge on any atom is 0.248 e. The predicted octanol–water partition coefficient (Wildman–Crippen LogP) is 3.30. The first-order valence-corrected chi connectivity index (χ1v) is 10.1. The summed E-state index contributed by atoms with van der Waals surface area (Å²) in [6.07, 6.45) is 7.65. The molecule has 1 atom stereocenters. The molecule has 0 unspecified atom stereocenters. The molecular weight excluding hydrogens is 376 g/mol. The van der Waals surface area contributed by atoms with E-state index < -0.39 is 6.04 Å². The molecule has 3 aromatic rings. The molecule has 2 aromatic heterocycles. The van der Waals surface area contributed by atoms with Gasteiger partial charge in [0.2, 0.25) is 5.91 Å². The van der Waals surface area contributed by atoms with Crippen molar-refractivity contribution in [2.75, 3.05) is 6.61 Å². The SMILES string of the molecule is O=C(N[C@H](CO)Cc1ccccn1)C1=C(c2cc(-c3ccccc3)n[nH]2)C=CCC1. The van der Waals surface area contributed by atoms with Crippen LogP contribution in [0.2, 0.25) is 0 Å². The number of allylic oxidation sites excluding steroid dienone is 3. The second-order valence-electron chi connectivity index (χ2n) is 7.24. The van der Waals surface area contributed by atoms with Gasteiger partial charge >= 0.3 is 0 Å². The van der Waals surface area contributed by atoms with Crippen molar-refractivity contribution in [3.63, 3.8) is 0 Å². The fraction of sp³-hybridized carbons (Fsp3) is 0.208. The Hall–Kier alpha value is -3.51. The average Bonchev–Trinajstić information content (AvgIpc) is 3.30. The number of aliphatic hydroxyl groups excluding tert-OH is 1. The topological polar surface area (TPSA) is 90.9 Å². The Morgan fingerprint density at radius 2 is 2.00 bits per heavy atom. The van der Waals surface area contributed by atoms with Gasteiger partial charge in [-0.2, -0.15) is 5.10 Å². The summed E-state index contributed by atoms with van der Waals surface area (Å²) >= 11 is 0. The van der Waals surface area contributed by atoms with Crippen molar-refractivity contribution in [2.45, 2.75) is 25.3 Å². The zero-order chi connectivity index (χ0) is 20.8. The van der Waals surface area contributed by atoms with Crippen LogP contribution >= 0.6 is 0 Å². The highest BCUT2D eigenvalue weighted by atomic mass is 16.3. The molecule has 1 aliphatic rings. The van der Waals surface area contributed by atoms with Crippen LogP contribution in [0.3, 0.4) is 0 Å². The van der Waals surface area contributed by atoms with E-state index in [0.29, 0.717) is 18.4 Å². The molecular formula is C24H24N4O2. The maximum atomic E-state index is 13.0. The second kappa shape index (κ2) is 9.33. The van der Waals surface area contributed by atoms with Crippen molar-refractivity contribution in [3.05, 3.63) is 89.9 Å². The first-order chi connectivity index (χ1) is 14.7. The lowest BCUT2D eigenvalue weighted by molar-refractivity contribution is -0.118. The van der Waals surface area contributed by atoms with Gasteiger partial charge in [-0.3, -0.25) is 14.9 Å². The monoisotopic (exact) mass is 400 g/mol. The Kier molecular flexibility index (Phi) is 6.15. The third kappa shape index (κ3) is 4.55. The predicted molar refractivity (Wildman–Crippen MR) is 116 cm³/mol. The molecule has 0 spiro atoms. The molecule has 1 aromatic carbocycles. The van der Waals surface area contributed by atoms with Crippen LogP contribution in [-0.4, -0.2) is 38.8 Å². The quantitative estimate of drug-likeness (QED) is 0.568. The molecule has 30 heavy (non-hydrogen) atoms. The third-order valence-corrected chi connectivity index (χ3v) is 5.12. The molecule has 2 heterocycles. The summed E-state index contributed by atoms with van der Waals surface area (Å²) in [5.41, 5.74) is 5.02. The van der Waals surface area contributed by atoms with E-state index in [2.05, 4.69) is 26.6 Å². The molecule has 152 valence electrons. The zero-order valence-electron chi connectivity index (χ0n) is 16.6. The minimum atomic E-state index is -0.395. The number of H-pyrrole nitrogens is 1. The second-order valence-corrected chi connectivity index (χ2v) is 7.24. The van der Waals surface area contributed by atoms with Crippen molar-refractivity contribution in [1.82, 2.24) is 20.5 Å². The van der Waals surface area contributed by atoms with Gasteiger partial charge in [0.1, 0.15) is 0 Å². The number of benzene rings is 1. The molecule has 0 aliphatic heterocycles. The Morgan fingerprint density at radius 3 is 2.77 bits per heavy atom. The van der Waals surface area contributed by atoms with Gasteiger partial charge in [0.15, 0.2) is 0 Å². The summed E-state index contributed by atoms with van der Waals surface area (Å²) in [6, 6.07) is 17.1. The average molecular weight is 400 g/mol. The number of nitrogens with zero attached hydrogens (tertiary/aromatic N) is 2.